The van der Waals surface area contributed by atoms with Crippen molar-refractivity contribution in [2.45, 2.75) is 57.9 Å². The van der Waals surface area contributed by atoms with Crippen molar-refractivity contribution in [1.82, 2.24) is 10.2 Å². The number of carbonyl (C=O) groups excluding carboxylic acids is 1. The second-order valence-electron chi connectivity index (χ2n) is 6.10. The van der Waals surface area contributed by atoms with Gasteiger partial charge in [0, 0.05) is 25.0 Å². The van der Waals surface area contributed by atoms with E-state index in [0.29, 0.717) is 11.9 Å². The van der Waals surface area contributed by atoms with Crippen molar-refractivity contribution in [1.29, 1.82) is 0 Å². The molecule has 0 aromatic heterocycles. The Hall–Kier alpha value is -0.570. The third-order valence-corrected chi connectivity index (χ3v) is 4.48. The zero-order valence-corrected chi connectivity index (χ0v) is 11.3. The largest absolute Gasteiger partial charge is 0.344 e. The number of hydrogen-bond acceptors (Lipinski definition) is 2. The first-order chi connectivity index (χ1) is 8.12. The predicted molar refractivity (Wildman–Crippen MR) is 69.9 cm³/mol. The van der Waals surface area contributed by atoms with E-state index in [2.05, 4.69) is 12.2 Å². The maximum atomic E-state index is 12.5. The van der Waals surface area contributed by atoms with Crippen molar-refractivity contribution in [3.8, 4) is 0 Å². The van der Waals surface area contributed by atoms with Crippen molar-refractivity contribution >= 4 is 5.91 Å². The molecule has 1 N–H and O–H groups in total. The van der Waals surface area contributed by atoms with Crippen molar-refractivity contribution in [3.05, 3.63) is 0 Å². The van der Waals surface area contributed by atoms with Crippen LogP contribution in [0.1, 0.15) is 51.9 Å². The molecule has 3 heteroatoms. The lowest BCUT2D eigenvalue weighted by Gasteiger charge is -2.36. The molecule has 1 saturated heterocycles. The van der Waals surface area contributed by atoms with E-state index in [9.17, 15) is 4.79 Å². The van der Waals surface area contributed by atoms with Crippen LogP contribution in [0.15, 0.2) is 0 Å². The Labute approximate surface area is 105 Å². The van der Waals surface area contributed by atoms with E-state index in [4.69, 9.17) is 0 Å². The fraction of sp³-hybridized carbons (Fsp3) is 0.929. The van der Waals surface area contributed by atoms with Crippen LogP contribution in [0.5, 0.6) is 0 Å². The fourth-order valence-electron chi connectivity index (χ4n) is 3.33. The SMILES string of the molecule is CN(CC1CCCN1)C(=O)C1(C)CCCCC1. The molecule has 2 fully saturated rings. The van der Waals surface area contributed by atoms with Crippen LogP contribution in [0.4, 0.5) is 0 Å². The minimum atomic E-state index is -0.0778. The van der Waals surface area contributed by atoms with Gasteiger partial charge in [-0.3, -0.25) is 4.79 Å². The maximum absolute atomic E-state index is 12.5. The average molecular weight is 238 g/mol. The summed E-state index contributed by atoms with van der Waals surface area (Å²) in [5.41, 5.74) is -0.0778. The van der Waals surface area contributed by atoms with Crippen molar-refractivity contribution in [2.24, 2.45) is 5.41 Å². The molecular weight excluding hydrogens is 212 g/mol. The molecule has 98 valence electrons. The van der Waals surface area contributed by atoms with Gasteiger partial charge in [0.05, 0.1) is 0 Å². The van der Waals surface area contributed by atoms with E-state index in [0.717, 1.165) is 25.9 Å². The summed E-state index contributed by atoms with van der Waals surface area (Å²) >= 11 is 0. The van der Waals surface area contributed by atoms with Gasteiger partial charge in [-0.15, -0.1) is 0 Å². The molecule has 0 radical (unpaired) electrons. The summed E-state index contributed by atoms with van der Waals surface area (Å²) in [6.45, 7) is 4.16. The molecule has 3 nitrogen and oxygen atoms in total. The molecule has 1 aliphatic heterocycles. The first kappa shape index (κ1) is 12.9. The predicted octanol–water partition coefficient (Wildman–Crippen LogP) is 2.17. The van der Waals surface area contributed by atoms with Gasteiger partial charge >= 0.3 is 0 Å². The van der Waals surface area contributed by atoms with Crippen LogP contribution in [-0.4, -0.2) is 37.0 Å². The number of nitrogens with one attached hydrogen (secondary N) is 1. The molecule has 1 unspecified atom stereocenters. The van der Waals surface area contributed by atoms with Gasteiger partial charge < -0.3 is 10.2 Å². The van der Waals surface area contributed by atoms with Crippen molar-refractivity contribution in [3.63, 3.8) is 0 Å². The summed E-state index contributed by atoms with van der Waals surface area (Å²) in [6, 6.07) is 0.524. The molecule has 17 heavy (non-hydrogen) atoms. The molecule has 0 aromatic rings. The molecule has 1 atom stereocenters. The zero-order valence-electron chi connectivity index (χ0n) is 11.3. The average Bonchev–Trinajstić information content (AvgIpc) is 2.81. The Kier molecular flexibility index (Phi) is 4.08. The fourth-order valence-corrected chi connectivity index (χ4v) is 3.33. The van der Waals surface area contributed by atoms with Gasteiger partial charge in [-0.05, 0) is 32.2 Å². The Morgan fingerprint density at radius 3 is 2.59 bits per heavy atom. The molecule has 1 amide bonds. The van der Waals surface area contributed by atoms with Gasteiger partial charge in [-0.2, -0.15) is 0 Å². The van der Waals surface area contributed by atoms with Crippen LogP contribution >= 0.6 is 0 Å². The lowest BCUT2D eigenvalue weighted by atomic mass is 9.74. The van der Waals surface area contributed by atoms with E-state index in [-0.39, 0.29) is 5.41 Å². The normalized spacial score (nSPS) is 28.0. The summed E-state index contributed by atoms with van der Waals surface area (Å²) in [6.07, 6.45) is 8.37. The van der Waals surface area contributed by atoms with Crippen molar-refractivity contribution < 1.29 is 4.79 Å². The quantitative estimate of drug-likeness (QED) is 0.817. The number of rotatable bonds is 3. The van der Waals surface area contributed by atoms with Crippen molar-refractivity contribution in [2.75, 3.05) is 20.1 Å². The molecule has 0 spiro atoms. The first-order valence-electron chi connectivity index (χ1n) is 7.11. The second kappa shape index (κ2) is 5.38. The highest BCUT2D eigenvalue weighted by atomic mass is 16.2. The van der Waals surface area contributed by atoms with Gasteiger partial charge in [0.1, 0.15) is 0 Å². The summed E-state index contributed by atoms with van der Waals surface area (Å²) in [5.74, 6) is 0.367. The van der Waals surface area contributed by atoms with Crippen LogP contribution in [-0.2, 0) is 4.79 Å². The van der Waals surface area contributed by atoms with Crippen LogP contribution in [0.2, 0.25) is 0 Å². The zero-order chi connectivity index (χ0) is 12.3. The highest BCUT2D eigenvalue weighted by Crippen LogP contribution is 2.37. The van der Waals surface area contributed by atoms with Gasteiger partial charge in [0.2, 0.25) is 5.91 Å². The van der Waals surface area contributed by atoms with Crippen LogP contribution in [0.25, 0.3) is 0 Å². The Balaban J connectivity index is 1.88. The standard InChI is InChI=1S/C14H26N2O/c1-14(8-4-3-5-9-14)13(17)16(2)11-12-7-6-10-15-12/h12,15H,3-11H2,1-2H3. The smallest absolute Gasteiger partial charge is 0.228 e. The second-order valence-corrected chi connectivity index (χ2v) is 6.10. The van der Waals surface area contributed by atoms with E-state index in [1.165, 1.54) is 32.1 Å². The van der Waals surface area contributed by atoms with E-state index < -0.39 is 0 Å². The Bertz CT molecular complexity index is 265. The number of likely N-dealkylation sites (N-methyl/N-ethyl adjacent to an activating group) is 1. The van der Waals surface area contributed by atoms with E-state index in [1.807, 2.05) is 11.9 Å². The molecule has 0 bridgehead atoms. The highest BCUT2D eigenvalue weighted by Gasteiger charge is 2.37. The monoisotopic (exact) mass is 238 g/mol. The molecule has 1 saturated carbocycles. The minimum Gasteiger partial charge on any atom is -0.344 e. The third kappa shape index (κ3) is 3.01. The van der Waals surface area contributed by atoms with Crippen LogP contribution < -0.4 is 5.32 Å². The number of amides is 1. The summed E-state index contributed by atoms with van der Waals surface area (Å²) in [5, 5.41) is 3.46. The van der Waals surface area contributed by atoms with E-state index in [1.54, 1.807) is 0 Å². The van der Waals surface area contributed by atoms with Gasteiger partial charge in [-0.1, -0.05) is 26.2 Å². The summed E-state index contributed by atoms with van der Waals surface area (Å²) in [7, 11) is 1.97. The lowest BCUT2D eigenvalue weighted by Crippen LogP contribution is -2.46. The molecule has 2 aliphatic rings. The molecule has 0 aromatic carbocycles. The number of nitrogens with zero attached hydrogens (tertiary/aromatic N) is 1. The lowest BCUT2D eigenvalue weighted by molar-refractivity contribution is -0.142. The molecule has 2 rings (SSSR count). The Morgan fingerprint density at radius 1 is 1.29 bits per heavy atom. The van der Waals surface area contributed by atoms with Gasteiger partial charge in [-0.25, -0.2) is 0 Å². The third-order valence-electron chi connectivity index (χ3n) is 4.48. The molecular formula is C14H26N2O. The Morgan fingerprint density at radius 2 is 2.00 bits per heavy atom. The number of hydrogen-bond donors (Lipinski definition) is 1. The molecule has 1 aliphatic carbocycles. The summed E-state index contributed by atoms with van der Waals surface area (Å²) < 4.78 is 0. The van der Waals surface area contributed by atoms with Crippen LogP contribution in [0.3, 0.4) is 0 Å². The first-order valence-corrected chi connectivity index (χ1v) is 7.11. The summed E-state index contributed by atoms with van der Waals surface area (Å²) in [4.78, 5) is 14.5. The number of carbonyl (C=O) groups is 1. The van der Waals surface area contributed by atoms with E-state index >= 15 is 0 Å². The van der Waals surface area contributed by atoms with Gasteiger partial charge in [0.15, 0.2) is 0 Å². The maximum Gasteiger partial charge on any atom is 0.228 e. The highest BCUT2D eigenvalue weighted by molar-refractivity contribution is 5.82. The minimum absolute atomic E-state index is 0.0778. The van der Waals surface area contributed by atoms with Gasteiger partial charge in [0.25, 0.3) is 0 Å². The molecule has 1 heterocycles. The topological polar surface area (TPSA) is 32.3 Å². The van der Waals surface area contributed by atoms with Crippen LogP contribution in [0, 0.1) is 5.41 Å².